The molecule has 0 aliphatic rings. The van der Waals surface area contributed by atoms with Gasteiger partial charge in [-0.3, -0.25) is 0 Å². The molecule has 0 unspecified atom stereocenters. The van der Waals surface area contributed by atoms with E-state index in [0.29, 0.717) is 18.1 Å². The molecule has 4 heteroatoms. The Morgan fingerprint density at radius 3 is 2.55 bits per heavy atom. The van der Waals surface area contributed by atoms with Crippen LogP contribution < -0.4 is 9.47 Å². The molecule has 0 spiro atoms. The minimum atomic E-state index is 0.0621. The Bertz CT molecular complexity index is 535. The predicted molar refractivity (Wildman–Crippen MR) is 77.2 cm³/mol. The van der Waals surface area contributed by atoms with Crippen LogP contribution >= 0.6 is 0 Å². The highest BCUT2D eigenvalue weighted by Crippen LogP contribution is 2.29. The van der Waals surface area contributed by atoms with E-state index < -0.39 is 0 Å². The zero-order chi connectivity index (χ0) is 14.8. The van der Waals surface area contributed by atoms with Gasteiger partial charge in [-0.05, 0) is 30.2 Å². The summed E-state index contributed by atoms with van der Waals surface area (Å²) in [5.41, 5.74) is 0.807. The van der Waals surface area contributed by atoms with Gasteiger partial charge in [-0.25, -0.2) is 0 Å². The molecule has 0 bridgehead atoms. The fourth-order valence-electron chi connectivity index (χ4n) is 1.69. The first-order valence-electron chi connectivity index (χ1n) is 6.57. The summed E-state index contributed by atoms with van der Waals surface area (Å²) >= 11 is 0. The van der Waals surface area contributed by atoms with Crippen LogP contribution in [0.4, 0.5) is 0 Å². The van der Waals surface area contributed by atoms with Gasteiger partial charge in [-0.1, -0.05) is 25.8 Å². The average Bonchev–Trinajstić information content (AvgIpc) is 2.49. The molecule has 104 valence electrons. The van der Waals surface area contributed by atoms with Gasteiger partial charge in [0.15, 0.2) is 11.5 Å². The van der Waals surface area contributed by atoms with E-state index in [4.69, 9.17) is 20.0 Å². The first-order chi connectivity index (χ1) is 9.74. The molecule has 0 aliphatic heterocycles. The highest BCUT2D eigenvalue weighted by molar-refractivity contribution is 5.64. The van der Waals surface area contributed by atoms with Gasteiger partial charge in [0.25, 0.3) is 0 Å². The lowest BCUT2D eigenvalue weighted by molar-refractivity contribution is 0.286. The van der Waals surface area contributed by atoms with Crippen LogP contribution in [0.3, 0.4) is 0 Å². The van der Waals surface area contributed by atoms with Crippen molar-refractivity contribution >= 4 is 6.08 Å². The molecule has 20 heavy (non-hydrogen) atoms. The van der Waals surface area contributed by atoms with Crippen molar-refractivity contribution in [3.05, 3.63) is 29.3 Å². The minimum absolute atomic E-state index is 0.0621. The van der Waals surface area contributed by atoms with Gasteiger partial charge in [-0.2, -0.15) is 10.5 Å². The van der Waals surface area contributed by atoms with Crippen LogP contribution in [0, 0.1) is 22.7 Å². The molecule has 0 heterocycles. The Balaban J connectivity index is 2.89. The number of hydrogen-bond donors (Lipinski definition) is 0. The van der Waals surface area contributed by atoms with Gasteiger partial charge in [0.2, 0.25) is 0 Å². The molecule has 0 fully saturated rings. The fraction of sp³-hybridized carbons (Fsp3) is 0.375. The third kappa shape index (κ3) is 4.66. The van der Waals surface area contributed by atoms with Gasteiger partial charge in [0.1, 0.15) is 17.7 Å². The fourth-order valence-corrected chi connectivity index (χ4v) is 1.69. The van der Waals surface area contributed by atoms with Crippen molar-refractivity contribution in [2.45, 2.75) is 26.2 Å². The molecule has 0 atom stereocenters. The topological polar surface area (TPSA) is 66.0 Å². The average molecular weight is 270 g/mol. The normalized spacial score (nSPS) is 9.20. The molecule has 1 aromatic rings. The Kier molecular flexibility index (Phi) is 6.71. The Labute approximate surface area is 119 Å². The molecule has 0 aliphatic carbocycles. The van der Waals surface area contributed by atoms with Gasteiger partial charge in [-0.15, -0.1) is 0 Å². The van der Waals surface area contributed by atoms with Gasteiger partial charge < -0.3 is 9.47 Å². The maximum Gasteiger partial charge on any atom is 0.161 e. The second-order valence-electron chi connectivity index (χ2n) is 4.25. The minimum Gasteiger partial charge on any atom is -0.493 e. The number of methoxy groups -OCH3 is 1. The van der Waals surface area contributed by atoms with Crippen LogP contribution in [0.25, 0.3) is 6.08 Å². The number of benzene rings is 1. The highest BCUT2D eigenvalue weighted by Gasteiger charge is 2.05. The number of hydrogen-bond acceptors (Lipinski definition) is 4. The van der Waals surface area contributed by atoms with E-state index in [2.05, 4.69) is 6.92 Å². The summed E-state index contributed by atoms with van der Waals surface area (Å²) in [4.78, 5) is 0. The first kappa shape index (κ1) is 15.6. The summed E-state index contributed by atoms with van der Waals surface area (Å²) in [6.45, 7) is 2.76. The molecule has 1 aromatic carbocycles. The van der Waals surface area contributed by atoms with Crippen molar-refractivity contribution in [3.63, 3.8) is 0 Å². The summed E-state index contributed by atoms with van der Waals surface area (Å²) in [5, 5.41) is 17.5. The quantitative estimate of drug-likeness (QED) is 0.559. The van der Waals surface area contributed by atoms with Crippen molar-refractivity contribution in [2.75, 3.05) is 13.7 Å². The third-order valence-corrected chi connectivity index (χ3v) is 2.75. The van der Waals surface area contributed by atoms with E-state index in [1.165, 1.54) is 6.08 Å². The predicted octanol–water partition coefficient (Wildman–Crippen LogP) is 3.69. The van der Waals surface area contributed by atoms with Crippen LogP contribution in [0.5, 0.6) is 11.5 Å². The SMILES string of the molecule is CCCCCOc1cc(C=C(C#N)C#N)ccc1OC. The molecule has 0 saturated carbocycles. The molecule has 0 aromatic heterocycles. The molecule has 0 saturated heterocycles. The molecular formula is C16H18N2O2. The molecular weight excluding hydrogens is 252 g/mol. The standard InChI is InChI=1S/C16H18N2O2/c1-3-4-5-8-20-16-10-13(6-7-15(16)19-2)9-14(11-17)12-18/h6-7,9-10H,3-5,8H2,1-2H3. The van der Waals surface area contributed by atoms with Crippen molar-refractivity contribution in [2.24, 2.45) is 0 Å². The lowest BCUT2D eigenvalue weighted by Gasteiger charge is -2.11. The van der Waals surface area contributed by atoms with Gasteiger partial charge in [0.05, 0.1) is 13.7 Å². The number of unbranched alkanes of at least 4 members (excludes halogenated alkanes) is 2. The van der Waals surface area contributed by atoms with Crippen LogP contribution in [0.2, 0.25) is 0 Å². The van der Waals surface area contributed by atoms with E-state index >= 15 is 0 Å². The molecule has 1 rings (SSSR count). The van der Waals surface area contributed by atoms with Crippen LogP contribution in [-0.4, -0.2) is 13.7 Å². The van der Waals surface area contributed by atoms with Crippen molar-refractivity contribution in [1.82, 2.24) is 0 Å². The molecule has 4 nitrogen and oxygen atoms in total. The lowest BCUT2D eigenvalue weighted by Crippen LogP contribution is -1.99. The maximum absolute atomic E-state index is 8.76. The van der Waals surface area contributed by atoms with Crippen LogP contribution in [-0.2, 0) is 0 Å². The number of allylic oxidation sites excluding steroid dienone is 1. The summed E-state index contributed by atoms with van der Waals surface area (Å²) in [6.07, 6.45) is 4.77. The largest absolute Gasteiger partial charge is 0.493 e. The molecule has 0 N–H and O–H groups in total. The van der Waals surface area contributed by atoms with Crippen LogP contribution in [0.15, 0.2) is 23.8 Å². The Hall–Kier alpha value is -2.46. The van der Waals surface area contributed by atoms with E-state index in [0.717, 1.165) is 24.8 Å². The Morgan fingerprint density at radius 2 is 1.95 bits per heavy atom. The van der Waals surface area contributed by atoms with E-state index in [1.807, 2.05) is 12.1 Å². The highest BCUT2D eigenvalue weighted by atomic mass is 16.5. The number of rotatable bonds is 7. The zero-order valence-corrected chi connectivity index (χ0v) is 11.8. The summed E-state index contributed by atoms with van der Waals surface area (Å²) in [6, 6.07) is 9.00. The van der Waals surface area contributed by atoms with Crippen molar-refractivity contribution in [1.29, 1.82) is 10.5 Å². The zero-order valence-electron chi connectivity index (χ0n) is 11.8. The van der Waals surface area contributed by atoms with Gasteiger partial charge >= 0.3 is 0 Å². The number of nitriles is 2. The van der Waals surface area contributed by atoms with Crippen molar-refractivity contribution in [3.8, 4) is 23.6 Å². The molecule has 0 amide bonds. The second-order valence-corrected chi connectivity index (χ2v) is 4.25. The Morgan fingerprint density at radius 1 is 1.20 bits per heavy atom. The molecule has 0 radical (unpaired) electrons. The lowest BCUT2D eigenvalue weighted by atomic mass is 10.1. The smallest absolute Gasteiger partial charge is 0.161 e. The van der Waals surface area contributed by atoms with E-state index in [9.17, 15) is 0 Å². The summed E-state index contributed by atoms with van der Waals surface area (Å²) < 4.78 is 10.9. The number of ether oxygens (including phenoxy) is 2. The maximum atomic E-state index is 8.76. The first-order valence-corrected chi connectivity index (χ1v) is 6.57. The monoisotopic (exact) mass is 270 g/mol. The van der Waals surface area contributed by atoms with Gasteiger partial charge in [0, 0.05) is 0 Å². The van der Waals surface area contributed by atoms with Crippen molar-refractivity contribution < 1.29 is 9.47 Å². The van der Waals surface area contributed by atoms with E-state index in [1.54, 1.807) is 25.3 Å². The third-order valence-electron chi connectivity index (χ3n) is 2.75. The van der Waals surface area contributed by atoms with E-state index in [-0.39, 0.29) is 5.57 Å². The number of nitrogens with zero attached hydrogens (tertiary/aromatic N) is 2. The second kappa shape index (κ2) is 8.61. The van der Waals surface area contributed by atoms with Crippen LogP contribution in [0.1, 0.15) is 31.7 Å². The summed E-state index contributed by atoms with van der Waals surface area (Å²) in [7, 11) is 1.58. The summed E-state index contributed by atoms with van der Waals surface area (Å²) in [5.74, 6) is 1.28.